The van der Waals surface area contributed by atoms with Crippen LogP contribution >= 0.6 is 0 Å². The summed E-state index contributed by atoms with van der Waals surface area (Å²) in [7, 11) is 1.69. The van der Waals surface area contributed by atoms with E-state index in [1.54, 1.807) is 7.11 Å². The van der Waals surface area contributed by atoms with Gasteiger partial charge in [0.15, 0.2) is 0 Å². The van der Waals surface area contributed by atoms with Crippen molar-refractivity contribution in [1.29, 1.82) is 0 Å². The summed E-state index contributed by atoms with van der Waals surface area (Å²) >= 11 is 0. The van der Waals surface area contributed by atoms with Crippen molar-refractivity contribution in [3.05, 3.63) is 36.7 Å². The number of benzene rings is 1. The number of hydrogen-bond acceptors (Lipinski definition) is 3. The molecule has 1 aromatic carbocycles. The molecule has 0 spiro atoms. The predicted molar refractivity (Wildman–Crippen MR) is 75.2 cm³/mol. The van der Waals surface area contributed by atoms with E-state index in [2.05, 4.69) is 22.7 Å². The summed E-state index contributed by atoms with van der Waals surface area (Å²) < 4.78 is 7.30. The summed E-state index contributed by atoms with van der Waals surface area (Å²) in [5.41, 5.74) is 2.29. The maximum atomic E-state index is 5.26. The molecule has 1 unspecified atom stereocenters. The molecule has 0 bridgehead atoms. The lowest BCUT2D eigenvalue weighted by Crippen LogP contribution is -2.14. The van der Waals surface area contributed by atoms with Crippen LogP contribution in [0.5, 0.6) is 5.75 Å². The first kappa shape index (κ1) is 12.2. The molecule has 4 nitrogen and oxygen atoms in total. The van der Waals surface area contributed by atoms with Crippen molar-refractivity contribution < 1.29 is 4.74 Å². The fraction of sp³-hybridized carbons (Fsp3) is 0.400. The first-order chi connectivity index (χ1) is 9.35. The molecule has 1 aliphatic heterocycles. The standard InChI is InChI=1S/C15H19N3O/c1-19-15-4-2-3-13(7-15)14-9-17-18(11-14)10-12-5-6-16-8-12/h2-4,7,9,11-12,16H,5-6,8,10H2,1H3. The summed E-state index contributed by atoms with van der Waals surface area (Å²) in [6.45, 7) is 3.24. The largest absolute Gasteiger partial charge is 0.497 e. The van der Waals surface area contributed by atoms with Crippen LogP contribution in [0.3, 0.4) is 0 Å². The van der Waals surface area contributed by atoms with Gasteiger partial charge in [-0.2, -0.15) is 5.10 Å². The molecule has 4 heteroatoms. The van der Waals surface area contributed by atoms with E-state index in [1.165, 1.54) is 6.42 Å². The molecule has 2 aromatic rings. The lowest BCUT2D eigenvalue weighted by atomic mass is 10.1. The minimum Gasteiger partial charge on any atom is -0.497 e. The highest BCUT2D eigenvalue weighted by Gasteiger charge is 2.15. The number of nitrogens with one attached hydrogen (secondary N) is 1. The summed E-state index contributed by atoms with van der Waals surface area (Å²) in [5, 5.41) is 7.85. The number of nitrogens with zero attached hydrogens (tertiary/aromatic N) is 2. The van der Waals surface area contributed by atoms with Gasteiger partial charge in [-0.3, -0.25) is 4.68 Å². The van der Waals surface area contributed by atoms with Gasteiger partial charge >= 0.3 is 0 Å². The Morgan fingerprint density at radius 1 is 1.42 bits per heavy atom. The van der Waals surface area contributed by atoms with E-state index in [4.69, 9.17) is 4.74 Å². The lowest BCUT2D eigenvalue weighted by molar-refractivity contribution is 0.415. The van der Waals surface area contributed by atoms with Crippen molar-refractivity contribution in [3.8, 4) is 16.9 Å². The van der Waals surface area contributed by atoms with E-state index >= 15 is 0 Å². The van der Waals surface area contributed by atoms with E-state index in [1.807, 2.05) is 29.1 Å². The van der Waals surface area contributed by atoms with Crippen LogP contribution in [0.25, 0.3) is 11.1 Å². The summed E-state index contributed by atoms with van der Waals surface area (Å²) in [4.78, 5) is 0. The zero-order valence-electron chi connectivity index (χ0n) is 11.2. The van der Waals surface area contributed by atoms with E-state index in [0.717, 1.165) is 36.5 Å². The quantitative estimate of drug-likeness (QED) is 0.912. The van der Waals surface area contributed by atoms with E-state index in [-0.39, 0.29) is 0 Å². The van der Waals surface area contributed by atoms with Crippen LogP contribution in [0, 0.1) is 5.92 Å². The maximum Gasteiger partial charge on any atom is 0.119 e. The zero-order chi connectivity index (χ0) is 13.1. The maximum absolute atomic E-state index is 5.26. The number of ether oxygens (including phenoxy) is 1. The highest BCUT2D eigenvalue weighted by atomic mass is 16.5. The highest BCUT2D eigenvalue weighted by Crippen LogP contribution is 2.23. The second kappa shape index (κ2) is 5.45. The van der Waals surface area contributed by atoms with Crippen LogP contribution in [0.1, 0.15) is 6.42 Å². The second-order valence-electron chi connectivity index (χ2n) is 5.04. The fourth-order valence-corrected chi connectivity index (χ4v) is 2.55. The second-order valence-corrected chi connectivity index (χ2v) is 5.04. The Morgan fingerprint density at radius 2 is 2.37 bits per heavy atom. The van der Waals surface area contributed by atoms with Gasteiger partial charge in [-0.15, -0.1) is 0 Å². The molecule has 1 atom stereocenters. The van der Waals surface area contributed by atoms with Crippen LogP contribution in [0.4, 0.5) is 0 Å². The van der Waals surface area contributed by atoms with Crippen molar-refractivity contribution in [2.75, 3.05) is 20.2 Å². The Balaban J connectivity index is 1.76. The lowest BCUT2D eigenvalue weighted by Gasteiger charge is -2.07. The Bertz CT molecular complexity index is 544. The smallest absolute Gasteiger partial charge is 0.119 e. The molecule has 19 heavy (non-hydrogen) atoms. The molecule has 1 N–H and O–H groups in total. The number of methoxy groups -OCH3 is 1. The molecule has 1 aliphatic rings. The Kier molecular flexibility index (Phi) is 3.51. The average Bonchev–Trinajstić information content (AvgIpc) is 3.11. The highest BCUT2D eigenvalue weighted by molar-refractivity contribution is 5.63. The summed E-state index contributed by atoms with van der Waals surface area (Å²) in [6.07, 6.45) is 5.29. The van der Waals surface area contributed by atoms with Crippen molar-refractivity contribution in [2.24, 2.45) is 5.92 Å². The van der Waals surface area contributed by atoms with Gasteiger partial charge in [-0.25, -0.2) is 0 Å². The third-order valence-corrected chi connectivity index (χ3v) is 3.64. The molecule has 1 fully saturated rings. The minimum atomic E-state index is 0.707. The molecule has 1 aromatic heterocycles. The monoisotopic (exact) mass is 257 g/mol. The number of aromatic nitrogens is 2. The van der Waals surface area contributed by atoms with Crippen LogP contribution in [0.2, 0.25) is 0 Å². The molecule has 0 amide bonds. The van der Waals surface area contributed by atoms with Gasteiger partial charge in [0, 0.05) is 18.3 Å². The van der Waals surface area contributed by atoms with Gasteiger partial charge < -0.3 is 10.1 Å². The Hall–Kier alpha value is -1.81. The summed E-state index contributed by atoms with van der Waals surface area (Å²) in [6, 6.07) is 8.09. The van der Waals surface area contributed by atoms with E-state index in [9.17, 15) is 0 Å². The third-order valence-electron chi connectivity index (χ3n) is 3.64. The third kappa shape index (κ3) is 2.79. The molecule has 100 valence electrons. The average molecular weight is 257 g/mol. The van der Waals surface area contributed by atoms with Crippen LogP contribution < -0.4 is 10.1 Å². The molecular weight excluding hydrogens is 238 g/mol. The molecular formula is C15H19N3O. The van der Waals surface area contributed by atoms with Gasteiger partial charge in [0.2, 0.25) is 0 Å². The van der Waals surface area contributed by atoms with Crippen LogP contribution in [0.15, 0.2) is 36.7 Å². The molecule has 0 aliphatic carbocycles. The molecule has 1 saturated heterocycles. The number of rotatable bonds is 4. The fourth-order valence-electron chi connectivity index (χ4n) is 2.55. The predicted octanol–water partition coefficient (Wildman–Crippen LogP) is 2.17. The van der Waals surface area contributed by atoms with Crippen molar-refractivity contribution in [1.82, 2.24) is 15.1 Å². The molecule has 0 saturated carbocycles. The first-order valence-corrected chi connectivity index (χ1v) is 6.73. The normalized spacial score (nSPS) is 18.7. The van der Waals surface area contributed by atoms with E-state index in [0.29, 0.717) is 5.92 Å². The first-order valence-electron chi connectivity index (χ1n) is 6.73. The minimum absolute atomic E-state index is 0.707. The molecule has 2 heterocycles. The topological polar surface area (TPSA) is 39.1 Å². The van der Waals surface area contributed by atoms with Gasteiger partial charge in [0.25, 0.3) is 0 Å². The molecule has 3 rings (SSSR count). The Morgan fingerprint density at radius 3 is 3.16 bits per heavy atom. The van der Waals surface area contributed by atoms with Crippen molar-refractivity contribution in [3.63, 3.8) is 0 Å². The Labute approximate surface area is 113 Å². The van der Waals surface area contributed by atoms with Crippen LogP contribution in [-0.2, 0) is 6.54 Å². The zero-order valence-corrected chi connectivity index (χ0v) is 11.2. The van der Waals surface area contributed by atoms with E-state index < -0.39 is 0 Å². The molecule has 0 radical (unpaired) electrons. The van der Waals surface area contributed by atoms with Gasteiger partial charge in [0.1, 0.15) is 5.75 Å². The summed E-state index contributed by atoms with van der Waals surface area (Å²) in [5.74, 6) is 1.59. The van der Waals surface area contributed by atoms with Gasteiger partial charge in [-0.05, 0) is 43.1 Å². The van der Waals surface area contributed by atoms with Crippen LogP contribution in [-0.4, -0.2) is 30.0 Å². The van der Waals surface area contributed by atoms with Crippen molar-refractivity contribution in [2.45, 2.75) is 13.0 Å². The van der Waals surface area contributed by atoms with Gasteiger partial charge in [-0.1, -0.05) is 12.1 Å². The van der Waals surface area contributed by atoms with Gasteiger partial charge in [0.05, 0.1) is 13.3 Å². The SMILES string of the molecule is COc1cccc(-c2cnn(CC3CCNC3)c2)c1. The number of hydrogen-bond donors (Lipinski definition) is 1. The van der Waals surface area contributed by atoms with Crippen molar-refractivity contribution >= 4 is 0 Å².